The van der Waals surface area contributed by atoms with Crippen LogP contribution in [0.2, 0.25) is 0 Å². The quantitative estimate of drug-likeness (QED) is 0.344. The van der Waals surface area contributed by atoms with E-state index in [9.17, 15) is 14.9 Å². The van der Waals surface area contributed by atoms with E-state index < -0.39 is 0 Å². The van der Waals surface area contributed by atoms with E-state index in [0.717, 1.165) is 24.9 Å². The first-order chi connectivity index (χ1) is 16.2. The highest BCUT2D eigenvalue weighted by Crippen LogP contribution is 2.66. The molecule has 3 aliphatic carbocycles. The lowest BCUT2D eigenvalue weighted by molar-refractivity contribution is -0.384. The van der Waals surface area contributed by atoms with Gasteiger partial charge in [0.15, 0.2) is 0 Å². The molecule has 4 fully saturated rings. The molecule has 1 amide bonds. The average Bonchev–Trinajstić information content (AvgIpc) is 3.14. The van der Waals surface area contributed by atoms with Crippen molar-refractivity contribution in [3.63, 3.8) is 0 Å². The molecule has 0 unspecified atom stereocenters. The minimum atomic E-state index is -0.368. The number of piperidine rings is 1. The Morgan fingerprint density at radius 1 is 1.09 bits per heavy atom. The number of non-ortho nitro benzene ring substituents is 1. The van der Waals surface area contributed by atoms with Crippen LogP contribution in [0.4, 0.5) is 11.4 Å². The van der Waals surface area contributed by atoms with Gasteiger partial charge in [0.05, 0.1) is 17.2 Å². The van der Waals surface area contributed by atoms with Gasteiger partial charge in [0.1, 0.15) is 6.10 Å². The fraction of sp³-hybridized carbons (Fsp3) is 0.667. The smallest absolute Gasteiger partial charge is 0.269 e. The van der Waals surface area contributed by atoms with Gasteiger partial charge in [-0.25, -0.2) is 5.06 Å². The summed E-state index contributed by atoms with van der Waals surface area (Å²) < 4.78 is 0. The van der Waals surface area contributed by atoms with Crippen molar-refractivity contribution in [2.24, 2.45) is 28.6 Å². The topological polar surface area (TPSA) is 75.9 Å². The molecule has 5 aliphatic rings. The van der Waals surface area contributed by atoms with Crippen LogP contribution in [0.15, 0.2) is 35.9 Å². The second kappa shape index (κ2) is 7.54. The summed E-state index contributed by atoms with van der Waals surface area (Å²) in [6.45, 7) is 5.61. The van der Waals surface area contributed by atoms with Crippen LogP contribution < -0.4 is 5.06 Å². The van der Waals surface area contributed by atoms with Gasteiger partial charge in [0.2, 0.25) is 5.91 Å². The van der Waals surface area contributed by atoms with E-state index in [1.54, 1.807) is 24.3 Å². The highest BCUT2D eigenvalue weighted by Gasteiger charge is 2.62. The van der Waals surface area contributed by atoms with Gasteiger partial charge in [-0.3, -0.25) is 19.7 Å². The number of hydroxylamine groups is 1. The maximum atomic E-state index is 12.4. The molecule has 3 saturated carbocycles. The number of rotatable bonds is 2. The van der Waals surface area contributed by atoms with Crippen LogP contribution in [0.25, 0.3) is 0 Å². The first-order valence-electron chi connectivity index (χ1n) is 12.9. The van der Waals surface area contributed by atoms with Gasteiger partial charge in [0.25, 0.3) is 5.69 Å². The predicted octanol–water partition coefficient (Wildman–Crippen LogP) is 5.11. The fourth-order valence-corrected chi connectivity index (χ4v) is 8.74. The number of amides is 1. The lowest BCUT2D eigenvalue weighted by atomic mass is 9.47. The molecule has 0 bridgehead atoms. The number of likely N-dealkylation sites (tertiary alicyclic amines) is 1. The summed E-state index contributed by atoms with van der Waals surface area (Å²) in [5.41, 5.74) is 2.84. The molecule has 0 aromatic heterocycles. The minimum absolute atomic E-state index is 0.0822. The third-order valence-electron chi connectivity index (χ3n) is 10.5. The van der Waals surface area contributed by atoms with Crippen molar-refractivity contribution in [2.75, 3.05) is 18.7 Å². The van der Waals surface area contributed by atoms with Gasteiger partial charge < -0.3 is 4.90 Å². The minimum Gasteiger partial charge on any atom is -0.342 e. The molecule has 2 heterocycles. The van der Waals surface area contributed by atoms with E-state index in [4.69, 9.17) is 4.84 Å². The number of hydrogen-bond donors (Lipinski definition) is 0. The van der Waals surface area contributed by atoms with Crippen LogP contribution in [0.1, 0.15) is 58.8 Å². The van der Waals surface area contributed by atoms with Gasteiger partial charge in [-0.05, 0) is 84.8 Å². The maximum absolute atomic E-state index is 12.4. The molecule has 34 heavy (non-hydrogen) atoms. The first kappa shape index (κ1) is 22.1. The third-order valence-corrected chi connectivity index (χ3v) is 10.5. The lowest BCUT2D eigenvalue weighted by Crippen LogP contribution is -2.61. The molecule has 7 atom stereocenters. The molecule has 182 valence electrons. The summed E-state index contributed by atoms with van der Waals surface area (Å²) >= 11 is 0. The van der Waals surface area contributed by atoms with Gasteiger partial charge in [0, 0.05) is 31.6 Å². The Balaban J connectivity index is 1.24. The molecule has 6 rings (SSSR count). The molecule has 0 spiro atoms. The summed E-state index contributed by atoms with van der Waals surface area (Å²) in [6.07, 6.45) is 9.97. The Kier molecular flexibility index (Phi) is 4.90. The zero-order chi connectivity index (χ0) is 23.8. The highest BCUT2D eigenvalue weighted by atomic mass is 16.7. The summed E-state index contributed by atoms with van der Waals surface area (Å²) in [5.74, 6) is 2.29. The van der Waals surface area contributed by atoms with E-state index in [1.807, 2.05) is 12.1 Å². The Bertz CT molecular complexity index is 1050. The zero-order valence-electron chi connectivity index (χ0n) is 20.4. The van der Waals surface area contributed by atoms with E-state index in [2.05, 4.69) is 24.8 Å². The maximum Gasteiger partial charge on any atom is 0.269 e. The van der Waals surface area contributed by atoms with Crippen molar-refractivity contribution in [1.29, 1.82) is 0 Å². The molecular formula is C27H35N3O4. The Hall–Kier alpha value is -2.41. The summed E-state index contributed by atoms with van der Waals surface area (Å²) in [4.78, 5) is 31.7. The second-order valence-electron chi connectivity index (χ2n) is 11.8. The number of fused-ring (bicyclic) bond motifs is 7. The number of anilines is 1. The Labute approximate surface area is 201 Å². The van der Waals surface area contributed by atoms with E-state index >= 15 is 0 Å². The number of nitro groups is 1. The lowest BCUT2D eigenvalue weighted by Gasteiger charge is -2.61. The largest absolute Gasteiger partial charge is 0.342 e. The van der Waals surface area contributed by atoms with E-state index in [-0.39, 0.29) is 27.5 Å². The van der Waals surface area contributed by atoms with E-state index in [1.165, 1.54) is 24.8 Å². The molecule has 1 aromatic rings. The Morgan fingerprint density at radius 2 is 1.85 bits per heavy atom. The van der Waals surface area contributed by atoms with Crippen LogP contribution in [-0.2, 0) is 9.63 Å². The molecule has 7 heteroatoms. The van der Waals surface area contributed by atoms with Crippen molar-refractivity contribution in [1.82, 2.24) is 4.90 Å². The monoisotopic (exact) mass is 465 g/mol. The van der Waals surface area contributed by atoms with Crippen molar-refractivity contribution in [2.45, 2.75) is 70.9 Å². The van der Waals surface area contributed by atoms with Crippen molar-refractivity contribution < 1.29 is 14.6 Å². The third kappa shape index (κ3) is 3.01. The number of nitrogens with zero attached hydrogens (tertiary/aromatic N) is 3. The molecular weight excluding hydrogens is 430 g/mol. The molecule has 2 aliphatic heterocycles. The van der Waals surface area contributed by atoms with Crippen LogP contribution in [0.5, 0.6) is 0 Å². The highest BCUT2D eigenvalue weighted by molar-refractivity contribution is 5.77. The molecule has 0 radical (unpaired) electrons. The first-order valence-corrected chi connectivity index (χ1v) is 12.9. The van der Waals surface area contributed by atoms with Crippen molar-refractivity contribution in [3.8, 4) is 0 Å². The van der Waals surface area contributed by atoms with Gasteiger partial charge in [-0.2, -0.15) is 0 Å². The van der Waals surface area contributed by atoms with Crippen LogP contribution >= 0.6 is 0 Å². The predicted molar refractivity (Wildman–Crippen MR) is 129 cm³/mol. The SMILES string of the molecule is CN1C(=O)CC[C@]2(C)[C@H]3CC[C@]4(C)C5=CCN(c6ccc([N+](=O)[O-])cc6)O[C@@H]5C[C@H]4[C@@H]3CC[C@@H]12. The second-order valence-corrected chi connectivity index (χ2v) is 11.8. The number of hydrogen-bond acceptors (Lipinski definition) is 5. The molecule has 7 nitrogen and oxygen atoms in total. The number of benzene rings is 1. The number of carbonyl (C=O) groups is 1. The number of carbonyl (C=O) groups excluding carboxylic acids is 1. The number of nitro benzene ring substituents is 1. The molecule has 1 aromatic carbocycles. The van der Waals surface area contributed by atoms with Crippen LogP contribution in [-0.4, -0.2) is 41.5 Å². The standard InChI is InChI=1S/C27H35N3O4/c1-26-13-10-20-19(8-9-24-27(20,2)14-11-25(31)28(24)3)22(26)16-23-21(26)12-15-29(34-23)17-4-6-18(7-5-17)30(32)33/h4-7,12,19-20,22-24H,8-11,13-16H2,1-3H3/t19-,20+,22+,23-,24-,26-,27-/m1/s1. The van der Waals surface area contributed by atoms with Crippen molar-refractivity contribution in [3.05, 3.63) is 46.0 Å². The van der Waals surface area contributed by atoms with Crippen LogP contribution in [0.3, 0.4) is 0 Å². The van der Waals surface area contributed by atoms with Crippen LogP contribution in [0, 0.1) is 38.7 Å². The summed E-state index contributed by atoms with van der Waals surface area (Å²) in [6, 6.07) is 7.03. The summed E-state index contributed by atoms with van der Waals surface area (Å²) in [5, 5.41) is 12.9. The molecule has 1 saturated heterocycles. The van der Waals surface area contributed by atoms with Crippen molar-refractivity contribution >= 4 is 17.3 Å². The Morgan fingerprint density at radius 3 is 2.59 bits per heavy atom. The van der Waals surface area contributed by atoms with Gasteiger partial charge >= 0.3 is 0 Å². The average molecular weight is 466 g/mol. The fourth-order valence-electron chi connectivity index (χ4n) is 8.74. The van der Waals surface area contributed by atoms with Gasteiger partial charge in [-0.1, -0.05) is 19.9 Å². The molecule has 0 N–H and O–H groups in total. The zero-order valence-corrected chi connectivity index (χ0v) is 20.4. The van der Waals surface area contributed by atoms with Gasteiger partial charge in [-0.15, -0.1) is 0 Å². The normalized spacial score (nSPS) is 41.2. The summed E-state index contributed by atoms with van der Waals surface area (Å²) in [7, 11) is 2.02. The van der Waals surface area contributed by atoms with E-state index in [0.29, 0.717) is 42.7 Å².